The van der Waals surface area contributed by atoms with Gasteiger partial charge in [0, 0.05) is 38.3 Å². The van der Waals surface area contributed by atoms with Crippen LogP contribution < -0.4 is 9.47 Å². The quantitative estimate of drug-likeness (QED) is 0.857. The number of carbonyl (C=O) groups excluding carboxylic acids is 1. The smallest absolute Gasteiger partial charge is 0.257 e. The number of para-hydroxylation sites is 1. The maximum atomic E-state index is 13.0. The van der Waals surface area contributed by atoms with Crippen LogP contribution in [0.1, 0.15) is 22.3 Å². The molecule has 0 atom stereocenters. The highest BCUT2D eigenvalue weighted by Crippen LogP contribution is 2.34. The summed E-state index contributed by atoms with van der Waals surface area (Å²) in [6.45, 7) is 5.15. The molecule has 2 aromatic rings. The van der Waals surface area contributed by atoms with Crippen LogP contribution in [0.25, 0.3) is 0 Å². The first-order valence-electron chi connectivity index (χ1n) is 8.72. The van der Waals surface area contributed by atoms with E-state index >= 15 is 0 Å². The van der Waals surface area contributed by atoms with Crippen LogP contribution in [0, 0.1) is 0 Å². The number of nitrogens with zero attached hydrogens (tertiary/aromatic N) is 2. The zero-order chi connectivity index (χ0) is 17.1. The van der Waals surface area contributed by atoms with Gasteiger partial charge in [0.25, 0.3) is 5.91 Å². The van der Waals surface area contributed by atoms with Gasteiger partial charge in [-0.3, -0.25) is 9.69 Å². The second-order valence-corrected chi connectivity index (χ2v) is 6.38. The summed E-state index contributed by atoms with van der Waals surface area (Å²) in [7, 11) is 0. The number of amides is 1. The highest BCUT2D eigenvalue weighted by Gasteiger charge is 2.26. The summed E-state index contributed by atoms with van der Waals surface area (Å²) in [5, 5.41) is 0. The number of carbonyl (C=O) groups is 1. The van der Waals surface area contributed by atoms with Gasteiger partial charge in [0.2, 0.25) is 0 Å². The predicted molar refractivity (Wildman–Crippen MR) is 91.9 cm³/mol. The van der Waals surface area contributed by atoms with Gasteiger partial charge in [0.1, 0.15) is 13.2 Å². The number of benzene rings is 1. The highest BCUT2D eigenvalue weighted by atomic mass is 16.6. The Hall–Kier alpha value is -2.47. The maximum absolute atomic E-state index is 13.0. The Morgan fingerprint density at radius 1 is 1.04 bits per heavy atom. The van der Waals surface area contributed by atoms with Crippen molar-refractivity contribution >= 4 is 5.91 Å². The van der Waals surface area contributed by atoms with E-state index in [9.17, 15) is 4.79 Å². The first-order chi connectivity index (χ1) is 12.3. The van der Waals surface area contributed by atoms with Crippen molar-refractivity contribution < 1.29 is 18.7 Å². The lowest BCUT2D eigenvalue weighted by atomic mass is 10.1. The average molecular weight is 342 g/mol. The fourth-order valence-electron chi connectivity index (χ4n) is 3.39. The Balaban J connectivity index is 1.44. The van der Waals surface area contributed by atoms with Crippen molar-refractivity contribution in [2.24, 2.45) is 0 Å². The summed E-state index contributed by atoms with van der Waals surface area (Å²) in [5.41, 5.74) is 1.77. The second-order valence-electron chi connectivity index (χ2n) is 6.38. The van der Waals surface area contributed by atoms with E-state index in [4.69, 9.17) is 13.9 Å². The van der Waals surface area contributed by atoms with Crippen LogP contribution >= 0.6 is 0 Å². The lowest BCUT2D eigenvalue weighted by Crippen LogP contribution is -2.35. The van der Waals surface area contributed by atoms with E-state index in [1.165, 1.54) is 5.56 Å². The minimum Gasteiger partial charge on any atom is -0.486 e. The van der Waals surface area contributed by atoms with Crippen molar-refractivity contribution in [3.63, 3.8) is 0 Å². The Morgan fingerprint density at radius 2 is 1.96 bits per heavy atom. The van der Waals surface area contributed by atoms with Crippen molar-refractivity contribution in [2.45, 2.75) is 13.0 Å². The van der Waals surface area contributed by atoms with Crippen LogP contribution in [-0.2, 0) is 6.54 Å². The molecular formula is C19H22N2O4. The fourth-order valence-corrected chi connectivity index (χ4v) is 3.39. The predicted octanol–water partition coefficient (Wildman–Crippen LogP) is 2.40. The molecule has 3 heterocycles. The minimum atomic E-state index is 0.0208. The molecule has 0 spiro atoms. The molecule has 0 unspecified atom stereocenters. The Kier molecular flexibility index (Phi) is 4.61. The molecule has 4 rings (SSSR count). The molecule has 0 N–H and O–H groups in total. The van der Waals surface area contributed by atoms with Gasteiger partial charge in [-0.05, 0) is 24.6 Å². The molecule has 2 aliphatic rings. The lowest BCUT2D eigenvalue weighted by Gasteiger charge is -2.25. The summed E-state index contributed by atoms with van der Waals surface area (Å²) >= 11 is 0. The van der Waals surface area contributed by atoms with E-state index in [1.54, 1.807) is 12.5 Å². The highest BCUT2D eigenvalue weighted by molar-refractivity contribution is 5.98. The largest absolute Gasteiger partial charge is 0.486 e. The van der Waals surface area contributed by atoms with Crippen LogP contribution in [0.2, 0.25) is 0 Å². The molecule has 1 saturated heterocycles. The third-order valence-corrected chi connectivity index (χ3v) is 4.66. The second kappa shape index (κ2) is 7.19. The third-order valence-electron chi connectivity index (χ3n) is 4.66. The van der Waals surface area contributed by atoms with Crippen molar-refractivity contribution in [2.75, 3.05) is 39.4 Å². The number of ether oxygens (including phenoxy) is 2. The number of hydrogen-bond acceptors (Lipinski definition) is 5. The molecule has 132 valence electrons. The number of hydrogen-bond donors (Lipinski definition) is 0. The van der Waals surface area contributed by atoms with E-state index in [0.29, 0.717) is 36.8 Å². The third kappa shape index (κ3) is 3.49. The molecule has 1 amide bonds. The van der Waals surface area contributed by atoms with Crippen molar-refractivity contribution in [1.82, 2.24) is 9.80 Å². The summed E-state index contributed by atoms with van der Waals surface area (Å²) < 4.78 is 16.4. The minimum absolute atomic E-state index is 0.0208. The van der Waals surface area contributed by atoms with Crippen LogP contribution in [-0.4, -0.2) is 55.1 Å². The van der Waals surface area contributed by atoms with Gasteiger partial charge < -0.3 is 18.8 Å². The first kappa shape index (κ1) is 16.0. The number of rotatable bonds is 3. The number of furan rings is 1. The van der Waals surface area contributed by atoms with Crippen molar-refractivity contribution in [1.29, 1.82) is 0 Å². The van der Waals surface area contributed by atoms with Crippen LogP contribution in [0.5, 0.6) is 11.5 Å². The van der Waals surface area contributed by atoms with Gasteiger partial charge in [-0.15, -0.1) is 0 Å². The summed E-state index contributed by atoms with van der Waals surface area (Å²) in [6.07, 6.45) is 4.43. The normalized spacial score (nSPS) is 18.0. The van der Waals surface area contributed by atoms with E-state index < -0.39 is 0 Å². The molecular weight excluding hydrogens is 320 g/mol. The summed E-state index contributed by atoms with van der Waals surface area (Å²) in [4.78, 5) is 17.3. The summed E-state index contributed by atoms with van der Waals surface area (Å²) in [6, 6.07) is 7.51. The molecule has 1 fully saturated rings. The van der Waals surface area contributed by atoms with E-state index in [2.05, 4.69) is 4.90 Å². The van der Waals surface area contributed by atoms with Gasteiger partial charge in [0.05, 0.1) is 18.1 Å². The van der Waals surface area contributed by atoms with Crippen molar-refractivity contribution in [3.05, 3.63) is 47.9 Å². The van der Waals surface area contributed by atoms with E-state index in [0.717, 1.165) is 32.6 Å². The maximum Gasteiger partial charge on any atom is 0.257 e. The van der Waals surface area contributed by atoms with Gasteiger partial charge in [-0.25, -0.2) is 0 Å². The standard InChI is InChI=1S/C19H22N2O4/c22-19(16-3-1-4-17-18(16)25-12-11-24-17)21-7-2-6-20(8-9-21)13-15-5-10-23-14-15/h1,3-5,10,14H,2,6-9,11-13H2. The van der Waals surface area contributed by atoms with Crippen LogP contribution in [0.15, 0.2) is 41.2 Å². The van der Waals surface area contributed by atoms with E-state index in [-0.39, 0.29) is 5.91 Å². The van der Waals surface area contributed by atoms with E-state index in [1.807, 2.05) is 29.2 Å². The van der Waals surface area contributed by atoms with Crippen LogP contribution in [0.4, 0.5) is 0 Å². The SMILES string of the molecule is O=C(c1cccc2c1OCCO2)N1CCCN(Cc2ccoc2)CC1. The Bertz CT molecular complexity index is 729. The van der Waals surface area contributed by atoms with Crippen LogP contribution in [0.3, 0.4) is 0 Å². The molecule has 2 aliphatic heterocycles. The van der Waals surface area contributed by atoms with Crippen molar-refractivity contribution in [3.8, 4) is 11.5 Å². The zero-order valence-corrected chi connectivity index (χ0v) is 14.1. The molecule has 0 bridgehead atoms. The molecule has 1 aromatic carbocycles. The van der Waals surface area contributed by atoms with Gasteiger partial charge >= 0.3 is 0 Å². The number of fused-ring (bicyclic) bond motifs is 1. The molecule has 0 aliphatic carbocycles. The van der Waals surface area contributed by atoms with Gasteiger partial charge in [-0.2, -0.15) is 0 Å². The average Bonchev–Trinajstić information content (AvgIpc) is 3.05. The van der Waals surface area contributed by atoms with Gasteiger partial charge in [0.15, 0.2) is 11.5 Å². The Labute approximate surface area is 146 Å². The molecule has 0 radical (unpaired) electrons. The Morgan fingerprint density at radius 3 is 2.84 bits per heavy atom. The topological polar surface area (TPSA) is 55.2 Å². The lowest BCUT2D eigenvalue weighted by molar-refractivity contribution is 0.0750. The fraction of sp³-hybridized carbons (Fsp3) is 0.421. The molecule has 0 saturated carbocycles. The summed E-state index contributed by atoms with van der Waals surface area (Å²) in [5.74, 6) is 1.26. The first-order valence-corrected chi connectivity index (χ1v) is 8.72. The van der Waals surface area contributed by atoms with Gasteiger partial charge in [-0.1, -0.05) is 6.07 Å². The molecule has 1 aromatic heterocycles. The molecule has 6 nitrogen and oxygen atoms in total. The zero-order valence-electron chi connectivity index (χ0n) is 14.1. The molecule has 25 heavy (non-hydrogen) atoms. The monoisotopic (exact) mass is 342 g/mol. The molecule has 6 heteroatoms.